The van der Waals surface area contributed by atoms with E-state index in [2.05, 4.69) is 50.9 Å². The summed E-state index contributed by atoms with van der Waals surface area (Å²) in [6.07, 6.45) is 6.00. The van der Waals surface area contributed by atoms with Gasteiger partial charge in [0, 0.05) is 16.6 Å². The van der Waals surface area contributed by atoms with Gasteiger partial charge in [-0.2, -0.15) is 0 Å². The van der Waals surface area contributed by atoms with Crippen LogP contribution in [0.3, 0.4) is 0 Å². The number of halogens is 2. The minimum Gasteiger partial charge on any atom is -0.490 e. The van der Waals surface area contributed by atoms with Gasteiger partial charge in [0.1, 0.15) is 5.75 Å². The lowest BCUT2D eigenvalue weighted by atomic mass is 9.89. The molecule has 0 aliphatic carbocycles. The summed E-state index contributed by atoms with van der Waals surface area (Å²) in [7, 11) is 0. The van der Waals surface area contributed by atoms with E-state index in [0.29, 0.717) is 17.2 Å². The van der Waals surface area contributed by atoms with Gasteiger partial charge in [0.15, 0.2) is 0 Å². The number of ether oxygens (including phenoxy) is 1. The minimum absolute atomic E-state index is 0.0555. The molecule has 1 aromatic carbocycles. The molecule has 25 heavy (non-hydrogen) atoms. The number of unbranched alkanes of at least 4 members (excludes halogenated alkanes) is 1. The van der Waals surface area contributed by atoms with Crippen molar-refractivity contribution in [1.82, 2.24) is 0 Å². The third kappa shape index (κ3) is 8.59. The predicted octanol–water partition coefficient (Wildman–Crippen LogP) is 6.53. The number of rotatable bonds is 13. The quantitative estimate of drug-likeness (QED) is 0.328. The molecule has 5 heteroatoms. The molecule has 0 radical (unpaired) electrons. The summed E-state index contributed by atoms with van der Waals surface area (Å²) in [4.78, 5) is 11.3. The van der Waals surface area contributed by atoms with Gasteiger partial charge in [0.25, 0.3) is 0 Å². The summed E-state index contributed by atoms with van der Waals surface area (Å²) in [6.45, 7) is 4.26. The number of hydrogen-bond donors (Lipinski definition) is 1. The lowest BCUT2D eigenvalue weighted by Gasteiger charge is -2.25. The summed E-state index contributed by atoms with van der Waals surface area (Å²) in [5.41, 5.74) is 1.25. The van der Waals surface area contributed by atoms with E-state index < -0.39 is 5.97 Å². The Morgan fingerprint density at radius 1 is 1.24 bits per heavy atom. The molecular weight excluding hydrogens is 448 g/mol. The number of alkyl halides is 2. The highest BCUT2D eigenvalue weighted by atomic mass is 79.9. The third-order valence-electron chi connectivity index (χ3n) is 4.40. The van der Waals surface area contributed by atoms with E-state index in [1.807, 2.05) is 19.1 Å². The first-order valence-corrected chi connectivity index (χ1v) is 11.2. The molecule has 3 unspecified atom stereocenters. The van der Waals surface area contributed by atoms with E-state index >= 15 is 0 Å². The highest BCUT2D eigenvalue weighted by Crippen LogP contribution is 2.36. The zero-order chi connectivity index (χ0) is 18.7. The van der Waals surface area contributed by atoms with Gasteiger partial charge >= 0.3 is 5.97 Å². The molecule has 0 aliphatic heterocycles. The molecule has 0 saturated carbocycles. The van der Waals surface area contributed by atoms with Crippen molar-refractivity contribution in [2.24, 2.45) is 0 Å². The SMILES string of the molecule is CCCCC(CC(Br)CBr)c1ccccc1OC(CC)CCC(=O)O. The van der Waals surface area contributed by atoms with Gasteiger partial charge in [-0.3, -0.25) is 4.79 Å². The van der Waals surface area contributed by atoms with Gasteiger partial charge in [-0.05, 0) is 43.2 Å². The van der Waals surface area contributed by atoms with Crippen LogP contribution in [0.1, 0.15) is 70.3 Å². The first-order valence-electron chi connectivity index (χ1n) is 9.19. The molecule has 0 amide bonds. The van der Waals surface area contributed by atoms with Crippen molar-refractivity contribution < 1.29 is 14.6 Å². The Balaban J connectivity index is 2.94. The summed E-state index contributed by atoms with van der Waals surface area (Å²) >= 11 is 7.30. The number of aliphatic carboxylic acids is 1. The Morgan fingerprint density at radius 3 is 2.56 bits per heavy atom. The molecule has 0 saturated heterocycles. The maximum Gasteiger partial charge on any atom is 0.303 e. The molecule has 3 atom stereocenters. The van der Waals surface area contributed by atoms with Gasteiger partial charge in [-0.15, -0.1) is 0 Å². The van der Waals surface area contributed by atoms with E-state index in [4.69, 9.17) is 9.84 Å². The number of hydrogen-bond acceptors (Lipinski definition) is 2. The van der Waals surface area contributed by atoms with Crippen LogP contribution in [0, 0.1) is 0 Å². The van der Waals surface area contributed by atoms with Crippen LogP contribution in [0.15, 0.2) is 24.3 Å². The second-order valence-electron chi connectivity index (χ2n) is 6.44. The molecular formula is C20H30Br2O3. The molecule has 0 bridgehead atoms. The molecule has 142 valence electrons. The Bertz CT molecular complexity index is 507. The van der Waals surface area contributed by atoms with Crippen LogP contribution in [0.5, 0.6) is 5.75 Å². The fourth-order valence-electron chi connectivity index (χ4n) is 2.96. The van der Waals surface area contributed by atoms with Gasteiger partial charge in [0.05, 0.1) is 6.10 Å². The number of carboxylic acids is 1. The minimum atomic E-state index is -0.768. The first-order chi connectivity index (χ1) is 12.0. The fourth-order valence-corrected chi connectivity index (χ4v) is 3.67. The molecule has 1 rings (SSSR count). The fraction of sp³-hybridized carbons (Fsp3) is 0.650. The van der Waals surface area contributed by atoms with Gasteiger partial charge in [-0.1, -0.05) is 76.7 Å². The largest absolute Gasteiger partial charge is 0.490 e. The van der Waals surface area contributed by atoms with Crippen molar-refractivity contribution in [2.45, 2.75) is 75.6 Å². The Kier molecular flexibility index (Phi) is 11.5. The summed E-state index contributed by atoms with van der Waals surface area (Å²) in [5.74, 6) is 0.584. The van der Waals surface area contributed by atoms with E-state index in [0.717, 1.165) is 30.3 Å². The maximum absolute atomic E-state index is 10.9. The molecule has 0 fully saturated rings. The molecule has 1 aromatic rings. The Hall–Kier alpha value is -0.550. The molecule has 3 nitrogen and oxygen atoms in total. The Labute approximate surface area is 168 Å². The van der Waals surface area contributed by atoms with E-state index in [-0.39, 0.29) is 12.5 Å². The summed E-state index contributed by atoms with van der Waals surface area (Å²) in [5, 5.41) is 9.85. The van der Waals surface area contributed by atoms with E-state index in [9.17, 15) is 4.79 Å². The van der Waals surface area contributed by atoms with Crippen molar-refractivity contribution in [3.05, 3.63) is 29.8 Å². The number of para-hydroxylation sites is 1. The van der Waals surface area contributed by atoms with Gasteiger partial charge in [0.2, 0.25) is 0 Å². The van der Waals surface area contributed by atoms with Crippen molar-refractivity contribution >= 4 is 37.8 Å². The topological polar surface area (TPSA) is 46.5 Å². The van der Waals surface area contributed by atoms with E-state index in [1.54, 1.807) is 0 Å². The average Bonchev–Trinajstić information content (AvgIpc) is 2.62. The molecule has 0 aliphatic rings. The number of carbonyl (C=O) groups is 1. The lowest BCUT2D eigenvalue weighted by Crippen LogP contribution is -2.19. The van der Waals surface area contributed by atoms with Crippen molar-refractivity contribution in [3.63, 3.8) is 0 Å². The number of benzene rings is 1. The van der Waals surface area contributed by atoms with Crippen LogP contribution in [0.2, 0.25) is 0 Å². The van der Waals surface area contributed by atoms with Crippen LogP contribution in [-0.4, -0.2) is 27.3 Å². The van der Waals surface area contributed by atoms with E-state index in [1.165, 1.54) is 18.4 Å². The van der Waals surface area contributed by atoms with Crippen LogP contribution in [0.25, 0.3) is 0 Å². The maximum atomic E-state index is 10.9. The number of carboxylic acid groups (broad SMARTS) is 1. The third-order valence-corrected chi connectivity index (χ3v) is 6.75. The second kappa shape index (κ2) is 12.7. The molecule has 0 heterocycles. The highest BCUT2D eigenvalue weighted by molar-refractivity contribution is 9.12. The average molecular weight is 478 g/mol. The van der Waals surface area contributed by atoms with Crippen molar-refractivity contribution in [2.75, 3.05) is 5.33 Å². The van der Waals surface area contributed by atoms with Gasteiger partial charge < -0.3 is 9.84 Å². The van der Waals surface area contributed by atoms with Crippen LogP contribution < -0.4 is 4.74 Å². The first kappa shape index (κ1) is 22.5. The molecule has 1 N–H and O–H groups in total. The van der Waals surface area contributed by atoms with Crippen LogP contribution >= 0.6 is 31.9 Å². The smallest absolute Gasteiger partial charge is 0.303 e. The predicted molar refractivity (Wildman–Crippen MR) is 111 cm³/mol. The zero-order valence-electron chi connectivity index (χ0n) is 15.2. The van der Waals surface area contributed by atoms with Crippen LogP contribution in [-0.2, 0) is 4.79 Å². The van der Waals surface area contributed by atoms with Crippen molar-refractivity contribution in [1.29, 1.82) is 0 Å². The van der Waals surface area contributed by atoms with Crippen LogP contribution in [0.4, 0.5) is 0 Å². The van der Waals surface area contributed by atoms with Crippen molar-refractivity contribution in [3.8, 4) is 5.75 Å². The molecule has 0 spiro atoms. The standard InChI is InChI=1S/C20H30Br2O3/c1-3-5-8-15(13-16(22)14-21)18-9-6-7-10-19(18)25-17(4-2)11-12-20(23)24/h6-7,9-10,15-17H,3-5,8,11-14H2,1-2H3,(H,23,24). The lowest BCUT2D eigenvalue weighted by molar-refractivity contribution is -0.137. The normalized spacial score (nSPS) is 14.7. The summed E-state index contributed by atoms with van der Waals surface area (Å²) < 4.78 is 6.23. The van der Waals surface area contributed by atoms with Gasteiger partial charge in [-0.25, -0.2) is 0 Å². The molecule has 0 aromatic heterocycles. The summed E-state index contributed by atoms with van der Waals surface area (Å²) in [6, 6.07) is 8.25. The monoisotopic (exact) mass is 476 g/mol. The zero-order valence-corrected chi connectivity index (χ0v) is 18.4. The Morgan fingerprint density at radius 2 is 1.96 bits per heavy atom. The second-order valence-corrected chi connectivity index (χ2v) is 8.39. The highest BCUT2D eigenvalue weighted by Gasteiger charge is 2.21.